The predicted octanol–water partition coefficient (Wildman–Crippen LogP) is 5.99. The number of hydrogen-bond donors (Lipinski definition) is 1. The van der Waals surface area contributed by atoms with Gasteiger partial charge in [-0.3, -0.25) is 9.59 Å². The van der Waals surface area contributed by atoms with Gasteiger partial charge >= 0.3 is 0 Å². The van der Waals surface area contributed by atoms with Gasteiger partial charge in [0.25, 0.3) is 0 Å². The SMILES string of the molecule is CCCCNC(=O)[C@@H](CC)N(CCc1ccccc1)C(=O)CSCc1ccc(Cl)cc1Cl. The van der Waals surface area contributed by atoms with Crippen molar-refractivity contribution >= 4 is 46.8 Å². The Hall–Kier alpha value is -1.69. The summed E-state index contributed by atoms with van der Waals surface area (Å²) >= 11 is 13.7. The average molecular weight is 496 g/mol. The van der Waals surface area contributed by atoms with E-state index in [0.717, 1.165) is 24.0 Å². The van der Waals surface area contributed by atoms with Crippen LogP contribution in [0.3, 0.4) is 0 Å². The third-order valence-corrected chi connectivity index (χ3v) is 6.75. The van der Waals surface area contributed by atoms with Gasteiger partial charge in [0, 0.05) is 28.9 Å². The Morgan fingerprint density at radius 3 is 2.50 bits per heavy atom. The van der Waals surface area contributed by atoms with Gasteiger partial charge in [0.2, 0.25) is 11.8 Å². The van der Waals surface area contributed by atoms with Gasteiger partial charge in [-0.25, -0.2) is 0 Å². The van der Waals surface area contributed by atoms with E-state index < -0.39 is 6.04 Å². The standard InChI is InChI=1S/C25H32Cl2N2O2S/c1-3-5-14-28-25(31)23(4-2)29(15-13-19-9-7-6-8-10-19)24(30)18-32-17-20-11-12-21(26)16-22(20)27/h6-12,16,23H,3-5,13-15,17-18H2,1-2H3,(H,28,31)/t23-/m1/s1. The molecule has 174 valence electrons. The van der Waals surface area contributed by atoms with Crippen LogP contribution in [-0.2, 0) is 21.8 Å². The van der Waals surface area contributed by atoms with Crippen LogP contribution in [-0.4, -0.2) is 41.6 Å². The molecule has 0 unspecified atom stereocenters. The number of halogens is 2. The van der Waals surface area contributed by atoms with Gasteiger partial charge < -0.3 is 10.2 Å². The monoisotopic (exact) mass is 494 g/mol. The van der Waals surface area contributed by atoms with Crippen LogP contribution in [0.25, 0.3) is 0 Å². The molecule has 0 aliphatic rings. The van der Waals surface area contributed by atoms with Gasteiger partial charge in [0.05, 0.1) is 5.75 Å². The average Bonchev–Trinajstić information content (AvgIpc) is 2.78. The Bertz CT molecular complexity index is 864. The molecule has 0 saturated heterocycles. The van der Waals surface area contributed by atoms with E-state index in [4.69, 9.17) is 23.2 Å². The molecular weight excluding hydrogens is 463 g/mol. The zero-order chi connectivity index (χ0) is 23.3. The van der Waals surface area contributed by atoms with Crippen LogP contribution in [0.4, 0.5) is 0 Å². The van der Waals surface area contributed by atoms with Crippen molar-refractivity contribution in [2.24, 2.45) is 0 Å². The topological polar surface area (TPSA) is 49.4 Å². The van der Waals surface area contributed by atoms with E-state index in [1.165, 1.54) is 11.8 Å². The fraction of sp³-hybridized carbons (Fsp3) is 0.440. The first-order valence-corrected chi connectivity index (χ1v) is 13.0. The van der Waals surface area contributed by atoms with Crippen LogP contribution in [0.1, 0.15) is 44.2 Å². The summed E-state index contributed by atoms with van der Waals surface area (Å²) in [5.41, 5.74) is 2.08. The Morgan fingerprint density at radius 1 is 1.09 bits per heavy atom. The second kappa shape index (κ2) is 14.5. The van der Waals surface area contributed by atoms with Crippen LogP contribution in [0.2, 0.25) is 10.0 Å². The third kappa shape index (κ3) is 8.68. The summed E-state index contributed by atoms with van der Waals surface area (Å²) < 4.78 is 0. The van der Waals surface area contributed by atoms with E-state index in [-0.39, 0.29) is 17.6 Å². The van der Waals surface area contributed by atoms with Crippen molar-refractivity contribution in [1.82, 2.24) is 10.2 Å². The first-order valence-electron chi connectivity index (χ1n) is 11.1. The van der Waals surface area contributed by atoms with Crippen molar-refractivity contribution in [2.75, 3.05) is 18.8 Å². The molecule has 0 radical (unpaired) electrons. The molecule has 2 aromatic carbocycles. The minimum atomic E-state index is -0.470. The third-order valence-electron chi connectivity index (χ3n) is 5.20. The molecule has 0 aliphatic carbocycles. The van der Waals surface area contributed by atoms with Crippen LogP contribution in [0, 0.1) is 0 Å². The smallest absolute Gasteiger partial charge is 0.242 e. The Kier molecular flexibility index (Phi) is 12.0. The zero-order valence-electron chi connectivity index (χ0n) is 18.8. The number of carbonyl (C=O) groups is 2. The lowest BCUT2D eigenvalue weighted by molar-refractivity contribution is -0.138. The molecule has 2 rings (SSSR count). The van der Waals surface area contributed by atoms with Crippen molar-refractivity contribution < 1.29 is 9.59 Å². The molecule has 1 atom stereocenters. The molecule has 0 spiro atoms. The summed E-state index contributed by atoms with van der Waals surface area (Å²) in [5, 5.41) is 4.18. The fourth-order valence-electron chi connectivity index (χ4n) is 3.37. The molecule has 1 N–H and O–H groups in total. The molecule has 2 aromatic rings. The summed E-state index contributed by atoms with van der Waals surface area (Å²) in [4.78, 5) is 27.8. The maximum absolute atomic E-state index is 13.2. The summed E-state index contributed by atoms with van der Waals surface area (Å²) in [5.74, 6) is 0.780. The molecule has 32 heavy (non-hydrogen) atoms. The molecule has 0 bridgehead atoms. The van der Waals surface area contributed by atoms with Crippen molar-refractivity contribution in [3.8, 4) is 0 Å². The highest BCUT2D eigenvalue weighted by Crippen LogP contribution is 2.25. The van der Waals surface area contributed by atoms with Crippen LogP contribution < -0.4 is 5.32 Å². The van der Waals surface area contributed by atoms with E-state index in [9.17, 15) is 9.59 Å². The normalized spacial score (nSPS) is 11.8. The zero-order valence-corrected chi connectivity index (χ0v) is 21.1. The molecular formula is C25H32Cl2N2O2S. The number of amides is 2. The van der Waals surface area contributed by atoms with Crippen molar-refractivity contribution in [3.63, 3.8) is 0 Å². The van der Waals surface area contributed by atoms with Crippen molar-refractivity contribution in [3.05, 3.63) is 69.7 Å². The van der Waals surface area contributed by atoms with E-state index >= 15 is 0 Å². The Balaban J connectivity index is 2.05. The van der Waals surface area contributed by atoms with E-state index in [1.807, 2.05) is 43.3 Å². The largest absolute Gasteiger partial charge is 0.354 e. The molecule has 0 heterocycles. The second-order valence-electron chi connectivity index (χ2n) is 7.62. The van der Waals surface area contributed by atoms with Crippen molar-refractivity contribution in [2.45, 2.75) is 51.3 Å². The molecule has 0 aliphatic heterocycles. The lowest BCUT2D eigenvalue weighted by atomic mass is 10.1. The van der Waals surface area contributed by atoms with E-state index in [2.05, 4.69) is 12.2 Å². The Morgan fingerprint density at radius 2 is 1.84 bits per heavy atom. The van der Waals surface area contributed by atoms with Crippen LogP contribution >= 0.6 is 35.0 Å². The molecule has 0 aromatic heterocycles. The van der Waals surface area contributed by atoms with Gasteiger partial charge in [-0.15, -0.1) is 11.8 Å². The minimum absolute atomic E-state index is 0.0338. The number of carbonyl (C=O) groups excluding carboxylic acids is 2. The molecule has 4 nitrogen and oxygen atoms in total. The molecule has 2 amide bonds. The first kappa shape index (κ1) is 26.6. The summed E-state index contributed by atoms with van der Waals surface area (Å²) in [6, 6.07) is 15.0. The van der Waals surface area contributed by atoms with Gasteiger partial charge in [0.15, 0.2) is 0 Å². The van der Waals surface area contributed by atoms with Crippen molar-refractivity contribution in [1.29, 1.82) is 0 Å². The summed E-state index contributed by atoms with van der Waals surface area (Å²) in [6.45, 7) is 5.18. The quantitative estimate of drug-likeness (QED) is 0.347. The summed E-state index contributed by atoms with van der Waals surface area (Å²) in [7, 11) is 0. The Labute approximate surface area is 206 Å². The number of unbranched alkanes of at least 4 members (excludes halogenated alkanes) is 1. The molecule has 7 heteroatoms. The number of rotatable bonds is 13. The lowest BCUT2D eigenvalue weighted by Crippen LogP contribution is -2.50. The van der Waals surface area contributed by atoms with E-state index in [0.29, 0.717) is 41.7 Å². The number of hydrogen-bond acceptors (Lipinski definition) is 3. The second-order valence-corrected chi connectivity index (χ2v) is 9.45. The minimum Gasteiger partial charge on any atom is -0.354 e. The van der Waals surface area contributed by atoms with E-state index in [1.54, 1.807) is 17.0 Å². The number of nitrogens with zero attached hydrogens (tertiary/aromatic N) is 1. The maximum Gasteiger partial charge on any atom is 0.242 e. The highest BCUT2D eigenvalue weighted by molar-refractivity contribution is 7.99. The highest BCUT2D eigenvalue weighted by atomic mass is 35.5. The van der Waals surface area contributed by atoms with Gasteiger partial charge in [-0.2, -0.15) is 0 Å². The van der Waals surface area contributed by atoms with Gasteiger partial charge in [-0.05, 0) is 42.5 Å². The summed E-state index contributed by atoms with van der Waals surface area (Å²) in [6.07, 6.45) is 3.22. The first-order chi connectivity index (χ1) is 15.5. The maximum atomic E-state index is 13.2. The van der Waals surface area contributed by atoms with Crippen LogP contribution in [0.15, 0.2) is 48.5 Å². The predicted molar refractivity (Wildman–Crippen MR) is 136 cm³/mol. The van der Waals surface area contributed by atoms with Gasteiger partial charge in [0.1, 0.15) is 6.04 Å². The number of thioether (sulfide) groups is 1. The highest BCUT2D eigenvalue weighted by Gasteiger charge is 2.27. The molecule has 0 fully saturated rings. The fourth-order valence-corrected chi connectivity index (χ4v) is 4.84. The number of benzene rings is 2. The van der Waals surface area contributed by atoms with Crippen LogP contribution in [0.5, 0.6) is 0 Å². The lowest BCUT2D eigenvalue weighted by Gasteiger charge is -2.30. The van der Waals surface area contributed by atoms with Gasteiger partial charge in [-0.1, -0.05) is 79.9 Å². The number of nitrogens with one attached hydrogen (secondary N) is 1. The molecule has 0 saturated carbocycles.